The van der Waals surface area contributed by atoms with Crippen molar-refractivity contribution >= 4 is 46.6 Å². The summed E-state index contributed by atoms with van der Waals surface area (Å²) in [4.78, 5) is 38.5. The van der Waals surface area contributed by atoms with Crippen molar-refractivity contribution in [1.29, 1.82) is 0 Å². The molecule has 1 aromatic rings. The number of anilines is 1. The van der Waals surface area contributed by atoms with Gasteiger partial charge in [-0.25, -0.2) is 0 Å². The van der Waals surface area contributed by atoms with Crippen molar-refractivity contribution in [3.8, 4) is 0 Å². The normalized spacial score (nSPS) is 29.4. The van der Waals surface area contributed by atoms with Crippen LogP contribution in [-0.2, 0) is 14.4 Å². The number of hydrogen-bond acceptors (Lipinski definition) is 3. The van der Waals surface area contributed by atoms with Crippen LogP contribution in [0.5, 0.6) is 0 Å². The first-order valence-corrected chi connectivity index (χ1v) is 9.00. The Kier molecular flexibility index (Phi) is 4.08. The highest BCUT2D eigenvalue weighted by molar-refractivity contribution is 6.42. The second kappa shape index (κ2) is 6.15. The van der Waals surface area contributed by atoms with E-state index in [1.807, 2.05) is 0 Å². The Bertz CT molecular complexity index is 778. The van der Waals surface area contributed by atoms with E-state index < -0.39 is 0 Å². The number of nitrogens with one attached hydrogen (secondary N) is 1. The fraction of sp³-hybridized carbons (Fsp3) is 0.389. The van der Waals surface area contributed by atoms with E-state index in [0.29, 0.717) is 15.7 Å². The molecule has 7 heteroatoms. The van der Waals surface area contributed by atoms with Gasteiger partial charge >= 0.3 is 0 Å². The van der Waals surface area contributed by atoms with Gasteiger partial charge in [0.2, 0.25) is 17.7 Å². The van der Waals surface area contributed by atoms with E-state index in [2.05, 4.69) is 17.5 Å². The maximum Gasteiger partial charge on any atom is 0.233 e. The fourth-order valence-electron chi connectivity index (χ4n) is 4.20. The van der Waals surface area contributed by atoms with Gasteiger partial charge in [-0.2, -0.15) is 0 Å². The molecule has 2 bridgehead atoms. The van der Waals surface area contributed by atoms with Crippen LogP contribution >= 0.6 is 23.2 Å². The van der Waals surface area contributed by atoms with E-state index in [1.54, 1.807) is 18.2 Å². The molecule has 2 fully saturated rings. The first-order valence-electron chi connectivity index (χ1n) is 8.24. The number of carbonyl (C=O) groups is 3. The second-order valence-electron chi connectivity index (χ2n) is 6.76. The van der Waals surface area contributed by atoms with Crippen LogP contribution in [0, 0.1) is 23.7 Å². The average molecular weight is 379 g/mol. The number of fused-ring (bicyclic) bond motifs is 5. The third kappa shape index (κ3) is 2.75. The molecule has 5 nitrogen and oxygen atoms in total. The number of benzene rings is 1. The van der Waals surface area contributed by atoms with Crippen LogP contribution in [0.1, 0.15) is 12.8 Å². The molecule has 1 aromatic carbocycles. The quantitative estimate of drug-likeness (QED) is 0.646. The Morgan fingerprint density at radius 2 is 1.72 bits per heavy atom. The Balaban J connectivity index is 1.37. The van der Waals surface area contributed by atoms with Gasteiger partial charge in [0, 0.05) is 18.7 Å². The van der Waals surface area contributed by atoms with E-state index in [-0.39, 0.29) is 54.4 Å². The van der Waals surface area contributed by atoms with Crippen LogP contribution < -0.4 is 5.32 Å². The largest absolute Gasteiger partial charge is 0.326 e. The van der Waals surface area contributed by atoms with Crippen LogP contribution in [0.15, 0.2) is 30.4 Å². The fourth-order valence-corrected chi connectivity index (χ4v) is 4.49. The smallest absolute Gasteiger partial charge is 0.233 e. The predicted octanol–water partition coefficient (Wildman–Crippen LogP) is 3.13. The molecule has 1 N–H and O–H groups in total. The summed E-state index contributed by atoms with van der Waals surface area (Å²) in [7, 11) is 0. The van der Waals surface area contributed by atoms with Crippen LogP contribution in [-0.4, -0.2) is 29.2 Å². The minimum Gasteiger partial charge on any atom is -0.326 e. The number of likely N-dealkylation sites (tertiary alicyclic amines) is 1. The molecule has 0 spiro atoms. The summed E-state index contributed by atoms with van der Waals surface area (Å²) in [5.41, 5.74) is 0.526. The van der Waals surface area contributed by atoms with Gasteiger partial charge in [-0.05, 0) is 36.5 Å². The van der Waals surface area contributed by atoms with E-state index in [1.165, 1.54) is 4.90 Å². The maximum atomic E-state index is 12.5. The molecule has 0 unspecified atom stereocenters. The monoisotopic (exact) mass is 378 g/mol. The number of halogens is 2. The molecule has 4 atom stereocenters. The number of imide groups is 1. The van der Waals surface area contributed by atoms with Crippen LogP contribution in [0.25, 0.3) is 0 Å². The molecular weight excluding hydrogens is 363 g/mol. The lowest BCUT2D eigenvalue weighted by atomic mass is 9.85. The van der Waals surface area contributed by atoms with Crippen molar-refractivity contribution in [3.63, 3.8) is 0 Å². The van der Waals surface area contributed by atoms with Crippen molar-refractivity contribution in [2.45, 2.75) is 12.8 Å². The summed E-state index contributed by atoms with van der Waals surface area (Å²) in [6.07, 6.45) is 5.06. The van der Waals surface area contributed by atoms with E-state index >= 15 is 0 Å². The lowest BCUT2D eigenvalue weighted by molar-refractivity contribution is -0.140. The molecule has 0 radical (unpaired) electrons. The number of hydrogen-bond donors (Lipinski definition) is 1. The highest BCUT2D eigenvalue weighted by Crippen LogP contribution is 2.52. The highest BCUT2D eigenvalue weighted by Gasteiger charge is 2.58. The maximum absolute atomic E-state index is 12.5. The van der Waals surface area contributed by atoms with Crippen LogP contribution in [0.2, 0.25) is 10.0 Å². The van der Waals surface area contributed by atoms with Crippen molar-refractivity contribution in [3.05, 3.63) is 40.4 Å². The SMILES string of the molecule is O=C(CCN1C(=O)[C@@H]2[C@@H](C1=O)[C@H]1C=C[C@H]2C1)Nc1ccc(Cl)c(Cl)c1. The highest BCUT2D eigenvalue weighted by atomic mass is 35.5. The number of carbonyl (C=O) groups excluding carboxylic acids is 3. The summed E-state index contributed by atoms with van der Waals surface area (Å²) < 4.78 is 0. The van der Waals surface area contributed by atoms with Crippen molar-refractivity contribution < 1.29 is 14.4 Å². The first kappa shape index (κ1) is 16.6. The van der Waals surface area contributed by atoms with Crippen molar-refractivity contribution in [2.24, 2.45) is 23.7 Å². The third-order valence-electron chi connectivity index (χ3n) is 5.33. The molecule has 1 saturated heterocycles. The molecule has 3 aliphatic rings. The Morgan fingerprint density at radius 1 is 1.08 bits per heavy atom. The Labute approximate surface area is 155 Å². The van der Waals surface area contributed by atoms with Gasteiger partial charge < -0.3 is 5.32 Å². The number of allylic oxidation sites excluding steroid dienone is 2. The molecule has 130 valence electrons. The van der Waals surface area contributed by atoms with E-state index in [4.69, 9.17) is 23.2 Å². The van der Waals surface area contributed by atoms with Crippen molar-refractivity contribution in [2.75, 3.05) is 11.9 Å². The summed E-state index contributed by atoms with van der Waals surface area (Å²) in [6.45, 7) is 0.108. The molecular formula is C18H16Cl2N2O3. The van der Waals surface area contributed by atoms with Gasteiger partial charge in [-0.3, -0.25) is 19.3 Å². The standard InChI is InChI=1S/C18H16Cl2N2O3/c19-12-4-3-11(8-13(12)20)21-14(23)5-6-22-17(24)15-9-1-2-10(7-9)16(15)18(22)25/h1-4,8-10,15-16H,5-7H2,(H,21,23)/t9-,10-,15-,16-/m0/s1. The number of rotatable bonds is 4. The molecule has 1 heterocycles. The summed E-state index contributed by atoms with van der Waals surface area (Å²) in [5, 5.41) is 3.45. The molecule has 25 heavy (non-hydrogen) atoms. The zero-order valence-electron chi connectivity index (χ0n) is 13.2. The van der Waals surface area contributed by atoms with Gasteiger partial charge in [0.25, 0.3) is 0 Å². The lowest BCUT2D eigenvalue weighted by Gasteiger charge is -2.17. The number of nitrogens with zero attached hydrogens (tertiary/aromatic N) is 1. The van der Waals surface area contributed by atoms with Gasteiger partial charge in [-0.15, -0.1) is 0 Å². The zero-order chi connectivity index (χ0) is 17.7. The van der Waals surface area contributed by atoms with Gasteiger partial charge in [0.15, 0.2) is 0 Å². The Hall–Kier alpha value is -1.85. The molecule has 4 rings (SSSR count). The third-order valence-corrected chi connectivity index (χ3v) is 6.07. The van der Waals surface area contributed by atoms with Crippen LogP contribution in [0.3, 0.4) is 0 Å². The molecule has 1 aliphatic heterocycles. The minimum atomic E-state index is -0.280. The van der Waals surface area contributed by atoms with E-state index in [0.717, 1.165) is 6.42 Å². The Morgan fingerprint density at radius 3 is 2.32 bits per heavy atom. The summed E-state index contributed by atoms with van der Waals surface area (Å²) in [5.74, 6) is -0.621. The summed E-state index contributed by atoms with van der Waals surface area (Å²) >= 11 is 11.8. The lowest BCUT2D eigenvalue weighted by Crippen LogP contribution is -2.35. The zero-order valence-corrected chi connectivity index (χ0v) is 14.8. The minimum absolute atomic E-state index is 0.0555. The topological polar surface area (TPSA) is 66.5 Å². The van der Waals surface area contributed by atoms with Crippen LogP contribution in [0.4, 0.5) is 5.69 Å². The molecule has 3 amide bonds. The molecule has 0 aromatic heterocycles. The summed E-state index contributed by atoms with van der Waals surface area (Å²) in [6, 6.07) is 4.80. The van der Waals surface area contributed by atoms with Gasteiger partial charge in [0.05, 0.1) is 21.9 Å². The predicted molar refractivity (Wildman–Crippen MR) is 94.1 cm³/mol. The van der Waals surface area contributed by atoms with Gasteiger partial charge in [-0.1, -0.05) is 35.4 Å². The van der Waals surface area contributed by atoms with Crippen molar-refractivity contribution in [1.82, 2.24) is 4.90 Å². The molecule has 2 aliphatic carbocycles. The molecule has 1 saturated carbocycles. The van der Waals surface area contributed by atoms with E-state index in [9.17, 15) is 14.4 Å². The first-order chi connectivity index (χ1) is 12.0. The number of amides is 3. The average Bonchev–Trinajstić information content (AvgIpc) is 3.24. The van der Waals surface area contributed by atoms with Gasteiger partial charge in [0.1, 0.15) is 0 Å². The second-order valence-corrected chi connectivity index (χ2v) is 7.57.